The van der Waals surface area contributed by atoms with Crippen molar-refractivity contribution in [2.24, 2.45) is 5.41 Å². The van der Waals surface area contributed by atoms with Gasteiger partial charge in [0.1, 0.15) is 5.76 Å². The Bertz CT molecular complexity index is 1280. The number of hydrogen-bond acceptors (Lipinski definition) is 6. The second kappa shape index (κ2) is 8.46. The Morgan fingerprint density at radius 3 is 2.50 bits per heavy atom. The lowest BCUT2D eigenvalue weighted by Gasteiger charge is -2.28. The highest BCUT2D eigenvalue weighted by atomic mass is 16.5. The summed E-state index contributed by atoms with van der Waals surface area (Å²) in [5.41, 5.74) is 4.01. The normalized spacial score (nSPS) is 19.1. The molecule has 0 bridgehead atoms. The van der Waals surface area contributed by atoms with Crippen molar-refractivity contribution in [2.75, 3.05) is 0 Å². The van der Waals surface area contributed by atoms with E-state index in [0.29, 0.717) is 78.9 Å². The van der Waals surface area contributed by atoms with Gasteiger partial charge in [-0.2, -0.15) is 5.10 Å². The minimum Gasteiger partial charge on any atom is -0.360 e. The van der Waals surface area contributed by atoms with Crippen LogP contribution in [0, 0.1) is 5.41 Å². The zero-order valence-electron chi connectivity index (χ0n) is 19.9. The number of Topliss-reactive ketones (excluding diaryl/α,β-unsaturated/α-hetero) is 2. The minimum absolute atomic E-state index is 0.0281. The maximum absolute atomic E-state index is 13.0. The average molecular weight is 460 g/mol. The molecule has 0 N–H and O–H groups in total. The molecule has 2 aliphatic carbocycles. The predicted octanol–water partition coefficient (Wildman–Crippen LogP) is 4.77. The van der Waals surface area contributed by atoms with Gasteiger partial charge in [-0.05, 0) is 36.2 Å². The molecule has 0 amide bonds. The molecule has 0 saturated carbocycles. The summed E-state index contributed by atoms with van der Waals surface area (Å²) in [5.74, 6) is 0.671. The van der Waals surface area contributed by atoms with Crippen LogP contribution in [0.2, 0.25) is 0 Å². The molecule has 1 aromatic carbocycles. The fourth-order valence-electron chi connectivity index (χ4n) is 5.37. The van der Waals surface area contributed by atoms with Crippen LogP contribution in [0.4, 0.5) is 0 Å². The lowest BCUT2D eigenvalue weighted by atomic mass is 9.75. The second-order valence-corrected chi connectivity index (χ2v) is 10.2. The summed E-state index contributed by atoms with van der Waals surface area (Å²) < 4.78 is 7.03. The topological polar surface area (TPSA) is 95.1 Å². The Balaban J connectivity index is 1.41. The molecule has 0 spiro atoms. The summed E-state index contributed by atoms with van der Waals surface area (Å²) >= 11 is 0. The van der Waals surface area contributed by atoms with Crippen LogP contribution in [0.25, 0.3) is 0 Å². The van der Waals surface area contributed by atoms with Gasteiger partial charge in [-0.1, -0.05) is 56.3 Å². The third kappa shape index (κ3) is 3.93. The third-order valence-electron chi connectivity index (χ3n) is 7.00. The molecule has 0 saturated heterocycles. The fraction of sp³-hybridized carbons (Fsp3) is 0.444. The summed E-state index contributed by atoms with van der Waals surface area (Å²) in [7, 11) is 0. The smallest absolute Gasteiger partial charge is 0.246 e. The van der Waals surface area contributed by atoms with Crippen LogP contribution in [-0.2, 0) is 25.7 Å². The molecule has 3 aromatic rings. The van der Waals surface area contributed by atoms with Crippen LogP contribution < -0.4 is 0 Å². The highest BCUT2D eigenvalue weighted by Crippen LogP contribution is 2.37. The van der Waals surface area contributed by atoms with Gasteiger partial charge >= 0.3 is 0 Å². The molecule has 2 heterocycles. The zero-order valence-corrected chi connectivity index (χ0v) is 19.9. The van der Waals surface area contributed by atoms with Gasteiger partial charge in [0.25, 0.3) is 0 Å². The predicted molar refractivity (Wildman–Crippen MR) is 125 cm³/mol. The monoisotopic (exact) mass is 459 g/mol. The second-order valence-electron chi connectivity index (χ2n) is 10.2. The van der Waals surface area contributed by atoms with E-state index < -0.39 is 0 Å². The van der Waals surface area contributed by atoms with Crippen LogP contribution in [-0.4, -0.2) is 32.4 Å². The third-order valence-corrected chi connectivity index (χ3v) is 7.00. The van der Waals surface area contributed by atoms with E-state index in [-0.39, 0.29) is 28.8 Å². The molecule has 7 nitrogen and oxygen atoms in total. The van der Waals surface area contributed by atoms with Gasteiger partial charge < -0.3 is 4.52 Å². The van der Waals surface area contributed by atoms with Gasteiger partial charge in [0.15, 0.2) is 11.6 Å². The molecule has 176 valence electrons. The number of carbonyl (C=O) groups is 3. The molecule has 2 aromatic heterocycles. The van der Waals surface area contributed by atoms with Crippen LogP contribution in [0.5, 0.6) is 0 Å². The number of carbonyl (C=O) groups excluding carboxylic acids is 3. The van der Waals surface area contributed by atoms with Crippen LogP contribution >= 0.6 is 0 Å². The van der Waals surface area contributed by atoms with Crippen molar-refractivity contribution in [1.29, 1.82) is 0 Å². The number of hydrogen-bond donors (Lipinski definition) is 0. The van der Waals surface area contributed by atoms with Crippen LogP contribution in [0.3, 0.4) is 0 Å². The maximum Gasteiger partial charge on any atom is 0.246 e. The number of aromatic nitrogens is 3. The molecule has 34 heavy (non-hydrogen) atoms. The van der Waals surface area contributed by atoms with E-state index in [2.05, 4.69) is 10.3 Å². The number of aryl methyl sites for hydroxylation is 2. The lowest BCUT2D eigenvalue weighted by Crippen LogP contribution is -2.29. The first-order valence-electron chi connectivity index (χ1n) is 12.0. The van der Waals surface area contributed by atoms with E-state index >= 15 is 0 Å². The first-order chi connectivity index (χ1) is 16.3. The molecule has 2 aliphatic rings. The van der Waals surface area contributed by atoms with Gasteiger partial charge in [-0.25, -0.2) is 4.68 Å². The first kappa shape index (κ1) is 22.4. The van der Waals surface area contributed by atoms with Crippen molar-refractivity contribution in [3.05, 3.63) is 69.9 Å². The Hall–Kier alpha value is -3.35. The van der Waals surface area contributed by atoms with Crippen molar-refractivity contribution in [2.45, 2.75) is 71.6 Å². The Labute approximate surface area is 198 Å². The van der Waals surface area contributed by atoms with Crippen molar-refractivity contribution < 1.29 is 18.9 Å². The number of fused-ring (bicyclic) bond motifs is 2. The number of ketones is 2. The van der Waals surface area contributed by atoms with E-state index in [9.17, 15) is 14.4 Å². The van der Waals surface area contributed by atoms with Gasteiger partial charge in [0.05, 0.1) is 28.2 Å². The molecule has 0 radical (unpaired) electrons. The number of nitrogens with zero attached hydrogens (tertiary/aromatic N) is 3. The quantitative estimate of drug-likeness (QED) is 0.545. The number of benzene rings is 1. The van der Waals surface area contributed by atoms with Crippen molar-refractivity contribution in [3.63, 3.8) is 0 Å². The van der Waals surface area contributed by atoms with E-state index in [0.717, 1.165) is 5.56 Å². The molecule has 0 fully saturated rings. The van der Waals surface area contributed by atoms with Crippen molar-refractivity contribution >= 4 is 17.5 Å². The molecule has 5 rings (SSSR count). The highest BCUT2D eigenvalue weighted by Gasteiger charge is 2.38. The number of rotatable bonds is 5. The van der Waals surface area contributed by atoms with E-state index in [1.807, 2.05) is 44.2 Å². The van der Waals surface area contributed by atoms with Gasteiger partial charge in [0.2, 0.25) is 5.91 Å². The zero-order chi connectivity index (χ0) is 24.0. The standard InChI is InChI=1S/C27H29N3O4/c1-4-24(33)30-20-14-27(2,3)15-22(32)25(20)18(28-30)10-11-19-26-21(31)12-17(13-23(26)34-29-19)16-8-6-5-7-9-16/h5-9,17H,4,10-15H2,1-3H3. The highest BCUT2D eigenvalue weighted by molar-refractivity contribution is 6.01. The summed E-state index contributed by atoms with van der Waals surface area (Å²) in [6.45, 7) is 5.87. The van der Waals surface area contributed by atoms with Crippen LogP contribution in [0.1, 0.15) is 99.9 Å². The molecular formula is C27H29N3O4. The molecule has 7 heteroatoms. The minimum atomic E-state index is -0.208. The lowest BCUT2D eigenvalue weighted by molar-refractivity contribution is 0.0875. The Kier molecular flexibility index (Phi) is 5.58. The Morgan fingerprint density at radius 1 is 1.03 bits per heavy atom. The summed E-state index contributed by atoms with van der Waals surface area (Å²) in [4.78, 5) is 38.6. The molecule has 0 aliphatic heterocycles. The summed E-state index contributed by atoms with van der Waals surface area (Å²) in [6, 6.07) is 10.00. The SMILES string of the molecule is CCC(=O)n1nc(CCc2noc3c2C(=O)CC(c2ccccc2)C3)c2c1CC(C)(C)CC2=O. The van der Waals surface area contributed by atoms with E-state index in [1.54, 1.807) is 6.92 Å². The Morgan fingerprint density at radius 2 is 1.76 bits per heavy atom. The van der Waals surface area contributed by atoms with Gasteiger partial charge in [-0.15, -0.1) is 0 Å². The van der Waals surface area contributed by atoms with E-state index in [1.165, 1.54) is 4.68 Å². The average Bonchev–Trinajstić information content (AvgIpc) is 3.38. The summed E-state index contributed by atoms with van der Waals surface area (Å²) in [6.07, 6.45) is 3.29. The molecule has 1 atom stereocenters. The van der Waals surface area contributed by atoms with Crippen LogP contribution in [0.15, 0.2) is 34.9 Å². The largest absolute Gasteiger partial charge is 0.360 e. The summed E-state index contributed by atoms with van der Waals surface area (Å²) in [5, 5.41) is 8.79. The van der Waals surface area contributed by atoms with Gasteiger partial charge in [0, 0.05) is 25.7 Å². The molecule has 1 unspecified atom stereocenters. The van der Waals surface area contributed by atoms with Crippen molar-refractivity contribution in [1.82, 2.24) is 14.9 Å². The van der Waals surface area contributed by atoms with Crippen molar-refractivity contribution in [3.8, 4) is 0 Å². The van der Waals surface area contributed by atoms with Gasteiger partial charge in [-0.3, -0.25) is 14.4 Å². The maximum atomic E-state index is 13.0. The molecular weight excluding hydrogens is 430 g/mol. The first-order valence-corrected chi connectivity index (χ1v) is 12.0. The fourth-order valence-corrected chi connectivity index (χ4v) is 5.37. The van der Waals surface area contributed by atoms with E-state index in [4.69, 9.17) is 4.52 Å².